The number of fused-ring (bicyclic) bond motifs is 1. The van der Waals surface area contributed by atoms with E-state index in [1.807, 2.05) is 6.92 Å². The standard InChI is InChI=1S/C14H22N4O/c1-2-15-14(19)17-10-4-6-12-8-7-11-5-3-9-16-13(11)18-12/h7-8H,2-6,9-10H2,1H3,(H,16,18)(H2,15,17,19). The molecular formula is C14H22N4O. The Balaban J connectivity index is 1.75. The first kappa shape index (κ1) is 13.6. The van der Waals surface area contributed by atoms with Gasteiger partial charge in [-0.3, -0.25) is 0 Å². The molecule has 5 heteroatoms. The summed E-state index contributed by atoms with van der Waals surface area (Å²) in [7, 11) is 0. The largest absolute Gasteiger partial charge is 0.370 e. The maximum absolute atomic E-state index is 11.2. The first-order chi connectivity index (χ1) is 9.29. The van der Waals surface area contributed by atoms with Gasteiger partial charge in [0.05, 0.1) is 0 Å². The van der Waals surface area contributed by atoms with E-state index in [1.165, 1.54) is 12.0 Å². The molecular weight excluding hydrogens is 240 g/mol. The van der Waals surface area contributed by atoms with Crippen LogP contribution in [-0.4, -0.2) is 30.6 Å². The highest BCUT2D eigenvalue weighted by Crippen LogP contribution is 2.19. The molecule has 2 heterocycles. The maximum atomic E-state index is 11.2. The monoisotopic (exact) mass is 262 g/mol. The summed E-state index contributed by atoms with van der Waals surface area (Å²) in [6.45, 7) is 4.26. The summed E-state index contributed by atoms with van der Waals surface area (Å²) in [5.41, 5.74) is 2.40. The van der Waals surface area contributed by atoms with Crippen LogP contribution in [0.2, 0.25) is 0 Å². The van der Waals surface area contributed by atoms with Crippen LogP contribution in [0.15, 0.2) is 12.1 Å². The first-order valence-corrected chi connectivity index (χ1v) is 7.04. The lowest BCUT2D eigenvalue weighted by Crippen LogP contribution is -2.35. The minimum atomic E-state index is -0.0948. The number of hydrogen-bond donors (Lipinski definition) is 3. The number of aromatic nitrogens is 1. The highest BCUT2D eigenvalue weighted by atomic mass is 16.2. The second-order valence-electron chi connectivity index (χ2n) is 4.73. The van der Waals surface area contributed by atoms with Crippen molar-refractivity contribution in [3.05, 3.63) is 23.4 Å². The summed E-state index contributed by atoms with van der Waals surface area (Å²) in [5.74, 6) is 1.04. The molecule has 0 saturated heterocycles. The van der Waals surface area contributed by atoms with Crippen LogP contribution >= 0.6 is 0 Å². The number of nitrogens with one attached hydrogen (secondary N) is 3. The molecule has 3 N–H and O–H groups in total. The fourth-order valence-electron chi connectivity index (χ4n) is 2.20. The Labute approximate surface area is 114 Å². The summed E-state index contributed by atoms with van der Waals surface area (Å²) in [6, 6.07) is 4.17. The van der Waals surface area contributed by atoms with Crippen molar-refractivity contribution in [1.29, 1.82) is 0 Å². The molecule has 0 spiro atoms. The SMILES string of the molecule is CCNC(=O)NCCCc1ccc2c(n1)NCCC2. The number of anilines is 1. The van der Waals surface area contributed by atoms with Gasteiger partial charge in [-0.1, -0.05) is 6.07 Å². The predicted octanol–water partition coefficient (Wildman–Crippen LogP) is 1.69. The molecule has 1 aliphatic rings. The Morgan fingerprint density at radius 2 is 2.32 bits per heavy atom. The van der Waals surface area contributed by atoms with Gasteiger partial charge in [-0.05, 0) is 44.2 Å². The molecule has 5 nitrogen and oxygen atoms in total. The van der Waals surface area contributed by atoms with Gasteiger partial charge in [0.1, 0.15) is 5.82 Å². The van der Waals surface area contributed by atoms with E-state index in [0.29, 0.717) is 13.1 Å². The van der Waals surface area contributed by atoms with E-state index in [9.17, 15) is 4.79 Å². The zero-order valence-electron chi connectivity index (χ0n) is 11.5. The third-order valence-electron chi connectivity index (χ3n) is 3.18. The van der Waals surface area contributed by atoms with Gasteiger partial charge in [0.25, 0.3) is 0 Å². The second-order valence-corrected chi connectivity index (χ2v) is 4.73. The molecule has 0 bridgehead atoms. The number of hydrogen-bond acceptors (Lipinski definition) is 3. The van der Waals surface area contributed by atoms with Crippen LogP contribution < -0.4 is 16.0 Å². The fourth-order valence-corrected chi connectivity index (χ4v) is 2.20. The molecule has 2 rings (SSSR count). The molecule has 1 aliphatic heterocycles. The van der Waals surface area contributed by atoms with Crippen molar-refractivity contribution in [3.63, 3.8) is 0 Å². The van der Waals surface area contributed by atoms with Crippen LogP contribution in [0.1, 0.15) is 31.0 Å². The quantitative estimate of drug-likeness (QED) is 0.707. The van der Waals surface area contributed by atoms with E-state index in [-0.39, 0.29) is 6.03 Å². The smallest absolute Gasteiger partial charge is 0.314 e. The summed E-state index contributed by atoms with van der Waals surface area (Å²) >= 11 is 0. The Morgan fingerprint density at radius 3 is 3.16 bits per heavy atom. The maximum Gasteiger partial charge on any atom is 0.314 e. The van der Waals surface area contributed by atoms with Crippen molar-refractivity contribution in [2.75, 3.05) is 25.0 Å². The van der Waals surface area contributed by atoms with Crippen molar-refractivity contribution in [3.8, 4) is 0 Å². The molecule has 1 aromatic rings. The number of pyridine rings is 1. The van der Waals surface area contributed by atoms with E-state index >= 15 is 0 Å². The Morgan fingerprint density at radius 1 is 1.42 bits per heavy atom. The summed E-state index contributed by atoms with van der Waals surface area (Å²) < 4.78 is 0. The van der Waals surface area contributed by atoms with Gasteiger partial charge < -0.3 is 16.0 Å². The number of carbonyl (C=O) groups excluding carboxylic acids is 1. The zero-order valence-corrected chi connectivity index (χ0v) is 11.5. The first-order valence-electron chi connectivity index (χ1n) is 7.04. The molecule has 19 heavy (non-hydrogen) atoms. The van der Waals surface area contributed by atoms with Gasteiger partial charge in [-0.15, -0.1) is 0 Å². The highest BCUT2D eigenvalue weighted by molar-refractivity contribution is 5.73. The molecule has 0 saturated carbocycles. The van der Waals surface area contributed by atoms with Crippen LogP contribution in [0.4, 0.5) is 10.6 Å². The molecule has 0 unspecified atom stereocenters. The number of amides is 2. The highest BCUT2D eigenvalue weighted by Gasteiger charge is 2.09. The number of rotatable bonds is 5. The normalized spacial score (nSPS) is 13.3. The van der Waals surface area contributed by atoms with Crippen molar-refractivity contribution in [2.45, 2.75) is 32.6 Å². The van der Waals surface area contributed by atoms with Crippen molar-refractivity contribution in [1.82, 2.24) is 15.6 Å². The minimum absolute atomic E-state index is 0.0948. The van der Waals surface area contributed by atoms with Crippen molar-refractivity contribution < 1.29 is 4.79 Å². The molecule has 2 amide bonds. The Bertz CT molecular complexity index is 433. The summed E-state index contributed by atoms with van der Waals surface area (Å²) in [6.07, 6.45) is 4.10. The molecule has 0 aromatic carbocycles. The van der Waals surface area contributed by atoms with Crippen LogP contribution in [-0.2, 0) is 12.8 Å². The van der Waals surface area contributed by atoms with Crippen molar-refractivity contribution in [2.24, 2.45) is 0 Å². The summed E-state index contributed by atoms with van der Waals surface area (Å²) in [5, 5.41) is 8.87. The van der Waals surface area contributed by atoms with E-state index in [0.717, 1.165) is 37.3 Å². The van der Waals surface area contributed by atoms with Gasteiger partial charge in [0, 0.05) is 25.3 Å². The Hall–Kier alpha value is -1.78. The van der Waals surface area contributed by atoms with Crippen LogP contribution in [0.3, 0.4) is 0 Å². The Kier molecular flexibility index (Phi) is 5.01. The molecule has 1 aromatic heterocycles. The fraction of sp³-hybridized carbons (Fsp3) is 0.571. The lowest BCUT2D eigenvalue weighted by atomic mass is 10.1. The van der Waals surface area contributed by atoms with Crippen LogP contribution in [0, 0.1) is 0 Å². The lowest BCUT2D eigenvalue weighted by Gasteiger charge is -2.17. The predicted molar refractivity (Wildman–Crippen MR) is 76.4 cm³/mol. The molecule has 0 atom stereocenters. The average molecular weight is 262 g/mol. The van der Waals surface area contributed by atoms with Crippen LogP contribution in [0.5, 0.6) is 0 Å². The van der Waals surface area contributed by atoms with E-state index in [4.69, 9.17) is 0 Å². The van der Waals surface area contributed by atoms with Gasteiger partial charge >= 0.3 is 6.03 Å². The van der Waals surface area contributed by atoms with Crippen LogP contribution in [0.25, 0.3) is 0 Å². The van der Waals surface area contributed by atoms with Crippen molar-refractivity contribution >= 4 is 11.8 Å². The number of urea groups is 1. The topological polar surface area (TPSA) is 66.0 Å². The van der Waals surface area contributed by atoms with Gasteiger partial charge in [-0.2, -0.15) is 0 Å². The van der Waals surface area contributed by atoms with E-state index < -0.39 is 0 Å². The van der Waals surface area contributed by atoms with E-state index in [2.05, 4.69) is 33.1 Å². The second kappa shape index (κ2) is 6.97. The van der Waals surface area contributed by atoms with Gasteiger partial charge in [-0.25, -0.2) is 9.78 Å². The average Bonchev–Trinajstić information content (AvgIpc) is 2.44. The molecule has 104 valence electrons. The van der Waals surface area contributed by atoms with Gasteiger partial charge in [0.2, 0.25) is 0 Å². The number of nitrogens with zero attached hydrogens (tertiary/aromatic N) is 1. The number of aryl methyl sites for hydroxylation is 2. The molecule has 0 fully saturated rings. The van der Waals surface area contributed by atoms with E-state index in [1.54, 1.807) is 0 Å². The number of carbonyl (C=O) groups is 1. The van der Waals surface area contributed by atoms with Gasteiger partial charge in [0.15, 0.2) is 0 Å². The lowest BCUT2D eigenvalue weighted by molar-refractivity contribution is 0.241. The minimum Gasteiger partial charge on any atom is -0.370 e. The molecule has 0 aliphatic carbocycles. The summed E-state index contributed by atoms with van der Waals surface area (Å²) in [4.78, 5) is 15.8. The molecule has 0 radical (unpaired) electrons. The third-order valence-corrected chi connectivity index (χ3v) is 3.18. The third kappa shape index (κ3) is 4.12. The zero-order chi connectivity index (χ0) is 13.5.